The van der Waals surface area contributed by atoms with Gasteiger partial charge in [-0.2, -0.15) is 5.10 Å². The minimum atomic E-state index is -0.0928. The summed E-state index contributed by atoms with van der Waals surface area (Å²) < 4.78 is 1.94. The van der Waals surface area contributed by atoms with E-state index in [1.54, 1.807) is 6.20 Å². The summed E-state index contributed by atoms with van der Waals surface area (Å²) in [7, 11) is 0. The SMILES string of the molecule is O=C(NC1CCN(c2nccc(-c3ccc[nH]3)n2)C1)c1cc2n(n1)CCC2. The molecule has 0 saturated carbocycles. The number of rotatable bonds is 4. The molecular weight excluding hydrogens is 342 g/mol. The summed E-state index contributed by atoms with van der Waals surface area (Å²) in [4.78, 5) is 26.9. The van der Waals surface area contributed by atoms with Crippen LogP contribution in [0.4, 0.5) is 5.95 Å². The van der Waals surface area contributed by atoms with E-state index in [4.69, 9.17) is 0 Å². The third kappa shape index (κ3) is 3.07. The first-order valence-electron chi connectivity index (χ1n) is 9.35. The molecule has 0 aliphatic carbocycles. The van der Waals surface area contributed by atoms with Crippen LogP contribution in [0.25, 0.3) is 11.4 Å². The molecule has 8 nitrogen and oxygen atoms in total. The number of hydrogen-bond acceptors (Lipinski definition) is 5. The first kappa shape index (κ1) is 16.0. The highest BCUT2D eigenvalue weighted by molar-refractivity contribution is 5.92. The van der Waals surface area contributed by atoms with Gasteiger partial charge in [0.2, 0.25) is 5.95 Å². The maximum Gasteiger partial charge on any atom is 0.272 e. The highest BCUT2D eigenvalue weighted by Crippen LogP contribution is 2.21. The third-order valence-electron chi connectivity index (χ3n) is 5.22. The van der Waals surface area contributed by atoms with E-state index >= 15 is 0 Å². The number of carbonyl (C=O) groups is 1. The number of nitrogens with zero attached hydrogens (tertiary/aromatic N) is 5. The molecule has 1 saturated heterocycles. The van der Waals surface area contributed by atoms with E-state index in [1.807, 2.05) is 35.1 Å². The Labute approximate surface area is 156 Å². The lowest BCUT2D eigenvalue weighted by molar-refractivity contribution is 0.0934. The second-order valence-corrected chi connectivity index (χ2v) is 7.08. The van der Waals surface area contributed by atoms with Gasteiger partial charge in [0, 0.05) is 43.8 Å². The Hall–Kier alpha value is -3.16. The Balaban J connectivity index is 1.25. The molecule has 1 amide bonds. The Kier molecular flexibility index (Phi) is 3.88. The molecule has 0 radical (unpaired) electrons. The molecule has 138 valence electrons. The van der Waals surface area contributed by atoms with Crippen molar-refractivity contribution in [1.29, 1.82) is 0 Å². The lowest BCUT2D eigenvalue weighted by atomic mass is 10.2. The molecule has 5 heterocycles. The van der Waals surface area contributed by atoms with Crippen molar-refractivity contribution in [2.75, 3.05) is 18.0 Å². The third-order valence-corrected chi connectivity index (χ3v) is 5.22. The van der Waals surface area contributed by atoms with Gasteiger partial charge in [-0.05, 0) is 43.5 Å². The summed E-state index contributed by atoms with van der Waals surface area (Å²) in [6.07, 6.45) is 6.64. The van der Waals surface area contributed by atoms with Crippen LogP contribution in [0, 0.1) is 0 Å². The molecule has 0 aromatic carbocycles. The number of H-pyrrole nitrogens is 1. The quantitative estimate of drug-likeness (QED) is 0.735. The Bertz CT molecular complexity index is 941. The maximum atomic E-state index is 12.5. The molecule has 3 aromatic rings. The van der Waals surface area contributed by atoms with Crippen molar-refractivity contribution >= 4 is 11.9 Å². The normalized spacial score (nSPS) is 18.7. The van der Waals surface area contributed by atoms with Crippen molar-refractivity contribution in [3.63, 3.8) is 0 Å². The lowest BCUT2D eigenvalue weighted by Gasteiger charge is -2.17. The highest BCUT2D eigenvalue weighted by atomic mass is 16.2. The van der Waals surface area contributed by atoms with Gasteiger partial charge in [-0.1, -0.05) is 0 Å². The predicted octanol–water partition coefficient (Wildman–Crippen LogP) is 1.62. The molecule has 2 N–H and O–H groups in total. The summed E-state index contributed by atoms with van der Waals surface area (Å²) in [5.41, 5.74) is 3.51. The van der Waals surface area contributed by atoms with Gasteiger partial charge in [0.1, 0.15) is 5.69 Å². The second-order valence-electron chi connectivity index (χ2n) is 7.08. The monoisotopic (exact) mass is 363 g/mol. The zero-order chi connectivity index (χ0) is 18.2. The van der Waals surface area contributed by atoms with Crippen molar-refractivity contribution in [1.82, 2.24) is 30.0 Å². The molecule has 2 aliphatic rings. The maximum absolute atomic E-state index is 12.5. The predicted molar refractivity (Wildman–Crippen MR) is 100 cm³/mol. The van der Waals surface area contributed by atoms with Crippen LogP contribution in [0.1, 0.15) is 29.0 Å². The van der Waals surface area contributed by atoms with Gasteiger partial charge in [0.25, 0.3) is 5.91 Å². The molecular formula is C19H21N7O. The van der Waals surface area contributed by atoms with Gasteiger partial charge < -0.3 is 15.2 Å². The number of aromatic amines is 1. The summed E-state index contributed by atoms with van der Waals surface area (Å²) in [6.45, 7) is 2.43. The van der Waals surface area contributed by atoms with E-state index in [9.17, 15) is 4.79 Å². The molecule has 1 atom stereocenters. The number of aromatic nitrogens is 5. The van der Waals surface area contributed by atoms with Gasteiger partial charge in [-0.25, -0.2) is 9.97 Å². The van der Waals surface area contributed by atoms with Gasteiger partial charge in [0.15, 0.2) is 0 Å². The number of amides is 1. The average molecular weight is 363 g/mol. The number of nitrogens with one attached hydrogen (secondary N) is 2. The van der Waals surface area contributed by atoms with Crippen molar-refractivity contribution in [2.24, 2.45) is 0 Å². The van der Waals surface area contributed by atoms with E-state index in [-0.39, 0.29) is 11.9 Å². The van der Waals surface area contributed by atoms with Crippen LogP contribution in [0.15, 0.2) is 36.7 Å². The Morgan fingerprint density at radius 3 is 3.11 bits per heavy atom. The molecule has 0 bridgehead atoms. The van der Waals surface area contributed by atoms with E-state index in [1.165, 1.54) is 0 Å². The van der Waals surface area contributed by atoms with Gasteiger partial charge in [-0.3, -0.25) is 9.48 Å². The summed E-state index contributed by atoms with van der Waals surface area (Å²) in [6, 6.07) is 7.82. The number of anilines is 1. The average Bonchev–Trinajstić information content (AvgIpc) is 3.44. The summed E-state index contributed by atoms with van der Waals surface area (Å²) >= 11 is 0. The molecule has 1 unspecified atom stereocenters. The van der Waals surface area contributed by atoms with Gasteiger partial charge in [0.05, 0.1) is 11.4 Å². The molecule has 27 heavy (non-hydrogen) atoms. The van der Waals surface area contributed by atoms with Crippen molar-refractivity contribution in [3.8, 4) is 11.4 Å². The van der Waals surface area contributed by atoms with E-state index in [2.05, 4.69) is 30.3 Å². The number of fused-ring (bicyclic) bond motifs is 1. The van der Waals surface area contributed by atoms with Crippen molar-refractivity contribution < 1.29 is 4.79 Å². The van der Waals surface area contributed by atoms with Crippen LogP contribution in [0.5, 0.6) is 0 Å². The van der Waals surface area contributed by atoms with Crippen LogP contribution in [0.3, 0.4) is 0 Å². The zero-order valence-electron chi connectivity index (χ0n) is 14.9. The van der Waals surface area contributed by atoms with Crippen LogP contribution in [-0.4, -0.2) is 49.8 Å². The minimum Gasteiger partial charge on any atom is -0.360 e. The smallest absolute Gasteiger partial charge is 0.272 e. The standard InChI is InChI=1S/C19H21N7O/c27-18(17-11-14-3-2-9-26(14)24-17)22-13-6-10-25(12-13)19-21-8-5-16(23-19)15-4-1-7-20-15/h1,4-5,7-8,11,13,20H,2-3,6,9-10,12H2,(H,22,27). The molecule has 0 spiro atoms. The fraction of sp³-hybridized carbons (Fsp3) is 0.368. The largest absolute Gasteiger partial charge is 0.360 e. The fourth-order valence-corrected chi connectivity index (χ4v) is 3.83. The molecule has 3 aromatic heterocycles. The zero-order valence-corrected chi connectivity index (χ0v) is 14.9. The molecule has 2 aliphatic heterocycles. The van der Waals surface area contributed by atoms with Gasteiger partial charge in [-0.15, -0.1) is 0 Å². The first-order chi connectivity index (χ1) is 13.3. The summed E-state index contributed by atoms with van der Waals surface area (Å²) in [5.74, 6) is 0.602. The van der Waals surface area contributed by atoms with Crippen LogP contribution >= 0.6 is 0 Å². The Morgan fingerprint density at radius 1 is 1.30 bits per heavy atom. The van der Waals surface area contributed by atoms with E-state index in [0.29, 0.717) is 18.2 Å². The lowest BCUT2D eigenvalue weighted by Crippen LogP contribution is -2.37. The van der Waals surface area contributed by atoms with Crippen molar-refractivity contribution in [2.45, 2.75) is 31.8 Å². The highest BCUT2D eigenvalue weighted by Gasteiger charge is 2.27. The fourth-order valence-electron chi connectivity index (χ4n) is 3.83. The number of hydrogen-bond donors (Lipinski definition) is 2. The first-order valence-corrected chi connectivity index (χ1v) is 9.35. The Morgan fingerprint density at radius 2 is 2.26 bits per heavy atom. The van der Waals surface area contributed by atoms with Crippen LogP contribution < -0.4 is 10.2 Å². The van der Waals surface area contributed by atoms with Gasteiger partial charge >= 0.3 is 0 Å². The number of aryl methyl sites for hydroxylation is 2. The number of carbonyl (C=O) groups excluding carboxylic acids is 1. The second kappa shape index (κ2) is 6.53. The van der Waals surface area contributed by atoms with Crippen LogP contribution in [0.2, 0.25) is 0 Å². The topological polar surface area (TPSA) is 91.7 Å². The molecule has 1 fully saturated rings. The van der Waals surface area contributed by atoms with E-state index in [0.717, 1.165) is 49.4 Å². The minimum absolute atomic E-state index is 0.0757. The molecule has 8 heteroatoms. The van der Waals surface area contributed by atoms with Crippen LogP contribution in [-0.2, 0) is 13.0 Å². The van der Waals surface area contributed by atoms with E-state index < -0.39 is 0 Å². The summed E-state index contributed by atoms with van der Waals surface area (Å²) in [5, 5.41) is 7.52. The van der Waals surface area contributed by atoms with Crippen molar-refractivity contribution in [3.05, 3.63) is 48.0 Å². The molecule has 5 rings (SSSR count).